The highest BCUT2D eigenvalue weighted by Crippen LogP contribution is 2.12. The average Bonchev–Trinajstić information content (AvgIpc) is 2.35. The zero-order chi connectivity index (χ0) is 12.0. The predicted octanol–water partition coefficient (Wildman–Crippen LogP) is 0.996. The van der Waals surface area contributed by atoms with Crippen LogP contribution in [-0.4, -0.2) is 24.9 Å². The van der Waals surface area contributed by atoms with E-state index in [0.717, 1.165) is 11.3 Å². The van der Waals surface area contributed by atoms with E-state index in [1.807, 2.05) is 24.3 Å². The Bertz CT molecular complexity index is 340. The fourth-order valence-corrected chi connectivity index (χ4v) is 1.21. The van der Waals surface area contributed by atoms with E-state index in [1.165, 1.54) is 0 Å². The summed E-state index contributed by atoms with van der Waals surface area (Å²) in [6, 6.07) is 6.61. The molecule has 1 aromatic carbocycles. The minimum atomic E-state index is -0.665. The van der Waals surface area contributed by atoms with E-state index in [4.69, 9.17) is 15.2 Å². The van der Waals surface area contributed by atoms with E-state index in [9.17, 15) is 4.79 Å². The number of hydrogen-bond donors (Lipinski definition) is 2. The van der Waals surface area contributed by atoms with Crippen molar-refractivity contribution in [2.45, 2.75) is 12.6 Å². The molecule has 0 fully saturated rings. The lowest BCUT2D eigenvalue weighted by Crippen LogP contribution is -2.33. The van der Waals surface area contributed by atoms with Crippen LogP contribution in [0.1, 0.15) is 5.56 Å². The van der Waals surface area contributed by atoms with Crippen molar-refractivity contribution in [1.29, 1.82) is 0 Å². The van der Waals surface area contributed by atoms with Crippen molar-refractivity contribution < 1.29 is 14.3 Å². The minimum absolute atomic E-state index is 0.213. The number of esters is 1. The molecule has 0 aromatic heterocycles. The second kappa shape index (κ2) is 6.40. The summed E-state index contributed by atoms with van der Waals surface area (Å²) in [5, 5.41) is 0. The lowest BCUT2D eigenvalue weighted by atomic mass is 10.2. The van der Waals surface area contributed by atoms with Crippen LogP contribution in [0.5, 0.6) is 5.75 Å². The van der Waals surface area contributed by atoms with E-state index in [0.29, 0.717) is 0 Å². The molecule has 0 radical (unpaired) electrons. The van der Waals surface area contributed by atoms with Crippen molar-refractivity contribution in [1.82, 2.24) is 0 Å². The van der Waals surface area contributed by atoms with Gasteiger partial charge in [0.15, 0.2) is 0 Å². The fraction of sp³-hybridized carbons (Fsp3) is 0.364. The Labute approximate surface area is 100 Å². The lowest BCUT2D eigenvalue weighted by molar-refractivity contribution is -0.145. The summed E-state index contributed by atoms with van der Waals surface area (Å²) in [7, 11) is 1.60. The number of carbonyl (C=O) groups is 1. The first-order chi connectivity index (χ1) is 7.67. The van der Waals surface area contributed by atoms with Gasteiger partial charge in [-0.15, -0.1) is 0 Å². The molecular formula is C11H15NO3S. The van der Waals surface area contributed by atoms with Crippen molar-refractivity contribution >= 4 is 18.6 Å². The Hall–Kier alpha value is -1.20. The van der Waals surface area contributed by atoms with E-state index >= 15 is 0 Å². The summed E-state index contributed by atoms with van der Waals surface area (Å²) >= 11 is 3.92. The Kier molecular flexibility index (Phi) is 5.14. The molecule has 1 rings (SSSR count). The number of thiol groups is 1. The molecule has 88 valence electrons. The van der Waals surface area contributed by atoms with Crippen LogP contribution in [0.4, 0.5) is 0 Å². The summed E-state index contributed by atoms with van der Waals surface area (Å²) in [5.41, 5.74) is 6.34. The number of benzene rings is 1. The van der Waals surface area contributed by atoms with Crippen LogP contribution in [0.3, 0.4) is 0 Å². The van der Waals surface area contributed by atoms with Crippen LogP contribution >= 0.6 is 12.6 Å². The molecule has 0 heterocycles. The number of rotatable bonds is 5. The van der Waals surface area contributed by atoms with Crippen molar-refractivity contribution in [2.75, 3.05) is 12.9 Å². The summed E-state index contributed by atoms with van der Waals surface area (Å²) in [6.45, 7) is 0.213. The molecule has 0 amide bonds. The van der Waals surface area contributed by atoms with Crippen molar-refractivity contribution in [2.24, 2.45) is 5.73 Å². The van der Waals surface area contributed by atoms with Crippen LogP contribution in [0.15, 0.2) is 24.3 Å². The standard InChI is InChI=1S/C11H15NO3S/c1-14-9-4-2-8(3-5-9)6-15-11(13)10(12)7-16/h2-5,10,16H,6-7,12H2,1H3/t10-/m0/s1. The molecule has 0 aliphatic carbocycles. The van der Waals surface area contributed by atoms with Crippen LogP contribution in [0, 0.1) is 0 Å². The molecule has 1 aromatic rings. The maximum Gasteiger partial charge on any atom is 0.324 e. The molecule has 0 bridgehead atoms. The average molecular weight is 241 g/mol. The molecule has 2 N–H and O–H groups in total. The van der Waals surface area contributed by atoms with E-state index in [2.05, 4.69) is 12.6 Å². The second-order valence-electron chi connectivity index (χ2n) is 3.24. The normalized spacial score (nSPS) is 11.9. The van der Waals surface area contributed by atoms with Gasteiger partial charge in [0.1, 0.15) is 18.4 Å². The number of nitrogens with two attached hydrogens (primary N) is 1. The third kappa shape index (κ3) is 3.75. The van der Waals surface area contributed by atoms with Crippen molar-refractivity contribution in [3.63, 3.8) is 0 Å². The molecule has 4 nitrogen and oxygen atoms in total. The van der Waals surface area contributed by atoms with Gasteiger partial charge in [-0.3, -0.25) is 4.79 Å². The summed E-state index contributed by atoms with van der Waals surface area (Å²) < 4.78 is 10.0. The van der Waals surface area contributed by atoms with Crippen molar-refractivity contribution in [3.8, 4) is 5.75 Å². The van der Waals surface area contributed by atoms with Gasteiger partial charge in [0, 0.05) is 5.75 Å². The molecule has 1 atom stereocenters. The Morgan fingerprint density at radius 1 is 1.44 bits per heavy atom. The van der Waals surface area contributed by atoms with Crippen molar-refractivity contribution in [3.05, 3.63) is 29.8 Å². The maximum atomic E-state index is 11.2. The molecule has 0 saturated heterocycles. The Morgan fingerprint density at radius 2 is 2.06 bits per heavy atom. The number of methoxy groups -OCH3 is 1. The van der Waals surface area contributed by atoms with Gasteiger partial charge in [0.05, 0.1) is 7.11 Å². The van der Waals surface area contributed by atoms with Gasteiger partial charge >= 0.3 is 5.97 Å². The van der Waals surface area contributed by atoms with Crippen LogP contribution in [0.25, 0.3) is 0 Å². The second-order valence-corrected chi connectivity index (χ2v) is 3.61. The maximum absolute atomic E-state index is 11.2. The zero-order valence-corrected chi connectivity index (χ0v) is 9.94. The van der Waals surface area contributed by atoms with E-state index in [1.54, 1.807) is 7.11 Å². The van der Waals surface area contributed by atoms with E-state index in [-0.39, 0.29) is 12.4 Å². The summed E-state index contributed by atoms with van der Waals surface area (Å²) in [5.74, 6) is 0.606. The third-order valence-corrected chi connectivity index (χ3v) is 2.43. The highest BCUT2D eigenvalue weighted by atomic mass is 32.1. The highest BCUT2D eigenvalue weighted by Gasteiger charge is 2.12. The predicted molar refractivity (Wildman–Crippen MR) is 64.6 cm³/mol. The highest BCUT2D eigenvalue weighted by molar-refractivity contribution is 7.80. The first kappa shape index (κ1) is 12.9. The van der Waals surface area contributed by atoms with Gasteiger partial charge in [-0.1, -0.05) is 12.1 Å². The van der Waals surface area contributed by atoms with Crippen LogP contribution in [0.2, 0.25) is 0 Å². The zero-order valence-electron chi connectivity index (χ0n) is 9.05. The molecular weight excluding hydrogens is 226 g/mol. The topological polar surface area (TPSA) is 61.5 Å². The molecule has 0 unspecified atom stereocenters. The molecule has 0 aliphatic rings. The Balaban J connectivity index is 2.45. The SMILES string of the molecule is COc1ccc(COC(=O)[C@@H](N)CS)cc1. The smallest absolute Gasteiger partial charge is 0.324 e. The summed E-state index contributed by atoms with van der Waals surface area (Å²) in [4.78, 5) is 11.2. The molecule has 0 saturated carbocycles. The van der Waals surface area contributed by atoms with Gasteiger partial charge in [0.2, 0.25) is 0 Å². The third-order valence-electron chi connectivity index (χ3n) is 2.04. The van der Waals surface area contributed by atoms with E-state index < -0.39 is 12.0 Å². The largest absolute Gasteiger partial charge is 0.497 e. The Morgan fingerprint density at radius 3 is 2.56 bits per heavy atom. The van der Waals surface area contributed by atoms with Crippen LogP contribution < -0.4 is 10.5 Å². The monoisotopic (exact) mass is 241 g/mol. The summed E-state index contributed by atoms with van der Waals surface area (Å²) in [6.07, 6.45) is 0. The first-order valence-corrected chi connectivity index (χ1v) is 5.46. The molecule has 0 aliphatic heterocycles. The van der Waals surface area contributed by atoms with Crippen LogP contribution in [-0.2, 0) is 16.1 Å². The quantitative estimate of drug-likeness (QED) is 0.596. The fourth-order valence-electron chi connectivity index (χ4n) is 1.06. The van der Waals surface area contributed by atoms with Gasteiger partial charge in [0.25, 0.3) is 0 Å². The number of ether oxygens (including phenoxy) is 2. The molecule has 0 spiro atoms. The van der Waals surface area contributed by atoms with Gasteiger partial charge in [-0.25, -0.2) is 0 Å². The first-order valence-electron chi connectivity index (χ1n) is 4.83. The number of carbonyl (C=O) groups excluding carboxylic acids is 1. The van der Waals surface area contributed by atoms with Gasteiger partial charge in [-0.2, -0.15) is 12.6 Å². The number of hydrogen-bond acceptors (Lipinski definition) is 5. The van der Waals surface area contributed by atoms with Gasteiger partial charge < -0.3 is 15.2 Å². The van der Waals surface area contributed by atoms with Gasteiger partial charge in [-0.05, 0) is 17.7 Å². The lowest BCUT2D eigenvalue weighted by Gasteiger charge is -2.09. The minimum Gasteiger partial charge on any atom is -0.497 e. The molecule has 5 heteroatoms. The molecule has 16 heavy (non-hydrogen) atoms.